The average molecular weight is 231 g/mol. The van der Waals surface area contributed by atoms with Gasteiger partial charge in [0.1, 0.15) is 0 Å². The monoisotopic (exact) mass is 231 g/mol. The number of hydrogen-bond donors (Lipinski definition) is 2. The Morgan fingerprint density at radius 3 is 2.93 bits per heavy atom. The van der Waals surface area contributed by atoms with E-state index >= 15 is 0 Å². The Balaban J connectivity index is 2.59. The molecule has 1 amide bonds. The van der Waals surface area contributed by atoms with Gasteiger partial charge < -0.3 is 15.2 Å². The summed E-state index contributed by atoms with van der Waals surface area (Å²) in [5.41, 5.74) is 0.0994. The highest BCUT2D eigenvalue weighted by Gasteiger charge is 2.21. The zero-order valence-electron chi connectivity index (χ0n) is 7.84. The predicted molar refractivity (Wildman–Crippen MR) is 50.7 cm³/mol. The van der Waals surface area contributed by atoms with Crippen LogP contribution in [-0.4, -0.2) is 46.3 Å². The summed E-state index contributed by atoms with van der Waals surface area (Å²) >= 11 is 1.02. The van der Waals surface area contributed by atoms with Crippen LogP contribution in [0.5, 0.6) is 0 Å². The van der Waals surface area contributed by atoms with Crippen molar-refractivity contribution in [3.05, 3.63) is 11.1 Å². The maximum atomic E-state index is 11.4. The lowest BCUT2D eigenvalue weighted by atomic mass is 10.3. The molecular weight excluding hydrogens is 222 g/mol. The molecule has 1 aromatic rings. The van der Waals surface area contributed by atoms with Gasteiger partial charge in [0.25, 0.3) is 5.91 Å². The molecule has 2 N–H and O–H groups in total. The number of carbonyl (C=O) groups excluding carboxylic acids is 1. The van der Waals surface area contributed by atoms with Crippen LogP contribution in [0, 0.1) is 0 Å². The normalized spacial score (nSPS) is 12.1. The number of carbonyl (C=O) groups is 2. The number of methoxy groups -OCH3 is 1. The minimum Gasteiger partial charge on any atom is -0.480 e. The van der Waals surface area contributed by atoms with Crippen molar-refractivity contribution in [2.75, 3.05) is 13.7 Å². The molecule has 0 aromatic carbocycles. The van der Waals surface area contributed by atoms with Crippen LogP contribution < -0.4 is 5.32 Å². The van der Waals surface area contributed by atoms with Crippen LogP contribution in [-0.2, 0) is 9.53 Å². The van der Waals surface area contributed by atoms with E-state index in [1.54, 1.807) is 0 Å². The molecular formula is C7H9N3O4S. The van der Waals surface area contributed by atoms with Gasteiger partial charge in [-0.3, -0.25) is 4.79 Å². The Morgan fingerprint density at radius 1 is 1.73 bits per heavy atom. The first kappa shape index (κ1) is 11.5. The smallest absolute Gasteiger partial charge is 0.328 e. The molecule has 1 atom stereocenters. The highest BCUT2D eigenvalue weighted by atomic mass is 32.1. The molecule has 8 heteroatoms. The number of aliphatic carboxylic acids is 1. The maximum Gasteiger partial charge on any atom is 0.328 e. The zero-order valence-corrected chi connectivity index (χ0v) is 8.65. The van der Waals surface area contributed by atoms with Crippen molar-refractivity contribution in [3.63, 3.8) is 0 Å². The van der Waals surface area contributed by atoms with Gasteiger partial charge in [-0.05, 0) is 11.5 Å². The third-order valence-corrected chi connectivity index (χ3v) is 2.03. The fraction of sp³-hybridized carbons (Fsp3) is 0.429. The number of nitrogens with one attached hydrogen (secondary N) is 1. The van der Waals surface area contributed by atoms with Gasteiger partial charge in [-0.15, -0.1) is 5.10 Å². The summed E-state index contributed by atoms with van der Waals surface area (Å²) < 4.78 is 8.15. The van der Waals surface area contributed by atoms with Crippen LogP contribution in [0.4, 0.5) is 0 Å². The van der Waals surface area contributed by atoms with Gasteiger partial charge in [0, 0.05) is 12.5 Å². The van der Waals surface area contributed by atoms with Crippen molar-refractivity contribution in [3.8, 4) is 0 Å². The van der Waals surface area contributed by atoms with E-state index < -0.39 is 17.9 Å². The Bertz CT molecular complexity index is 340. The molecule has 1 unspecified atom stereocenters. The number of carboxylic acids is 1. The van der Waals surface area contributed by atoms with Crippen LogP contribution in [0.1, 0.15) is 10.5 Å². The first-order valence-electron chi connectivity index (χ1n) is 3.94. The minimum atomic E-state index is -1.16. The summed E-state index contributed by atoms with van der Waals surface area (Å²) in [7, 11) is 1.35. The second-order valence-electron chi connectivity index (χ2n) is 2.61. The fourth-order valence-electron chi connectivity index (χ4n) is 0.837. The van der Waals surface area contributed by atoms with Crippen molar-refractivity contribution in [2.45, 2.75) is 6.04 Å². The summed E-state index contributed by atoms with van der Waals surface area (Å²) in [5.74, 6) is -1.73. The number of carboxylic acid groups (broad SMARTS) is 1. The quantitative estimate of drug-likeness (QED) is 0.699. The highest BCUT2D eigenvalue weighted by molar-refractivity contribution is 7.03. The Kier molecular flexibility index (Phi) is 4.13. The van der Waals surface area contributed by atoms with Crippen LogP contribution >= 0.6 is 11.5 Å². The molecule has 1 aromatic heterocycles. The van der Waals surface area contributed by atoms with Crippen LogP contribution in [0.15, 0.2) is 5.38 Å². The van der Waals surface area contributed by atoms with E-state index in [1.807, 2.05) is 0 Å². The van der Waals surface area contributed by atoms with E-state index in [-0.39, 0.29) is 12.3 Å². The van der Waals surface area contributed by atoms with Crippen LogP contribution in [0.25, 0.3) is 0 Å². The Morgan fingerprint density at radius 2 is 2.47 bits per heavy atom. The molecule has 0 aliphatic heterocycles. The molecule has 15 heavy (non-hydrogen) atoms. The van der Waals surface area contributed by atoms with Crippen LogP contribution in [0.3, 0.4) is 0 Å². The lowest BCUT2D eigenvalue weighted by Gasteiger charge is -2.11. The molecule has 0 spiro atoms. The largest absolute Gasteiger partial charge is 0.480 e. The second kappa shape index (κ2) is 5.37. The summed E-state index contributed by atoms with van der Waals surface area (Å²) in [6.45, 7) is -0.0986. The summed E-state index contributed by atoms with van der Waals surface area (Å²) in [6, 6.07) is -1.08. The third kappa shape index (κ3) is 3.26. The van der Waals surface area contributed by atoms with Gasteiger partial charge >= 0.3 is 5.97 Å². The van der Waals surface area contributed by atoms with Gasteiger partial charge in [0.2, 0.25) is 0 Å². The van der Waals surface area contributed by atoms with Gasteiger partial charge in [-0.2, -0.15) is 0 Å². The molecule has 7 nitrogen and oxygen atoms in total. The molecule has 0 aliphatic rings. The Hall–Kier alpha value is -1.54. The lowest BCUT2D eigenvalue weighted by Crippen LogP contribution is -2.43. The van der Waals surface area contributed by atoms with Gasteiger partial charge in [0.05, 0.1) is 6.61 Å². The predicted octanol–water partition coefficient (Wildman–Crippen LogP) is -0.633. The number of amides is 1. The number of ether oxygens (including phenoxy) is 1. The number of rotatable bonds is 5. The standard InChI is InChI=1S/C7H9N3O4S/c1-14-2-4(7(12)13)8-6(11)5-3-15-10-9-5/h3-4H,2H2,1H3,(H,8,11)(H,12,13). The summed E-state index contributed by atoms with van der Waals surface area (Å²) in [6.07, 6.45) is 0. The molecule has 0 fully saturated rings. The molecule has 1 heterocycles. The number of hydrogen-bond acceptors (Lipinski definition) is 6. The van der Waals surface area contributed by atoms with Crippen molar-refractivity contribution in [2.24, 2.45) is 0 Å². The summed E-state index contributed by atoms with van der Waals surface area (Å²) in [5, 5.41) is 15.9. The minimum absolute atomic E-state index is 0.0986. The molecule has 82 valence electrons. The van der Waals surface area contributed by atoms with E-state index in [1.165, 1.54) is 12.5 Å². The average Bonchev–Trinajstić information content (AvgIpc) is 2.69. The molecule has 0 saturated carbocycles. The molecule has 0 radical (unpaired) electrons. The molecule has 0 aliphatic carbocycles. The van der Waals surface area contributed by atoms with Gasteiger partial charge in [-0.1, -0.05) is 4.49 Å². The first-order chi connectivity index (χ1) is 7.15. The topological polar surface area (TPSA) is 101 Å². The number of aromatic nitrogens is 2. The Labute approximate surface area is 89.2 Å². The van der Waals surface area contributed by atoms with E-state index in [0.29, 0.717) is 0 Å². The number of nitrogens with zero attached hydrogens (tertiary/aromatic N) is 2. The fourth-order valence-corrected chi connectivity index (χ4v) is 1.27. The van der Waals surface area contributed by atoms with E-state index in [9.17, 15) is 9.59 Å². The molecule has 1 rings (SSSR count). The third-order valence-electron chi connectivity index (χ3n) is 1.53. The van der Waals surface area contributed by atoms with Crippen LogP contribution in [0.2, 0.25) is 0 Å². The zero-order chi connectivity index (χ0) is 11.3. The lowest BCUT2D eigenvalue weighted by molar-refractivity contribution is -0.140. The van der Waals surface area contributed by atoms with E-state index in [0.717, 1.165) is 11.5 Å². The van der Waals surface area contributed by atoms with Crippen molar-refractivity contribution >= 4 is 23.4 Å². The van der Waals surface area contributed by atoms with Gasteiger partial charge in [-0.25, -0.2) is 4.79 Å². The summed E-state index contributed by atoms with van der Waals surface area (Å²) in [4.78, 5) is 22.0. The van der Waals surface area contributed by atoms with Gasteiger partial charge in [0.15, 0.2) is 11.7 Å². The maximum absolute atomic E-state index is 11.4. The van der Waals surface area contributed by atoms with Crippen molar-refractivity contribution < 1.29 is 19.4 Å². The first-order valence-corrected chi connectivity index (χ1v) is 4.78. The van der Waals surface area contributed by atoms with E-state index in [4.69, 9.17) is 5.11 Å². The van der Waals surface area contributed by atoms with E-state index in [2.05, 4.69) is 19.6 Å². The SMILES string of the molecule is COCC(NC(=O)c1csnn1)C(=O)O. The van der Waals surface area contributed by atoms with Crippen molar-refractivity contribution in [1.82, 2.24) is 14.9 Å². The van der Waals surface area contributed by atoms with Crippen molar-refractivity contribution in [1.29, 1.82) is 0 Å². The molecule has 0 saturated heterocycles. The highest BCUT2D eigenvalue weighted by Crippen LogP contribution is 1.97. The second-order valence-corrected chi connectivity index (χ2v) is 3.22. The molecule has 0 bridgehead atoms.